The van der Waals surface area contributed by atoms with Crippen LogP contribution in [0, 0.1) is 0 Å². The zero-order valence-corrected chi connectivity index (χ0v) is 9.58. The monoisotopic (exact) mass is 211 g/mol. The molecule has 0 N–H and O–H groups in total. The zero-order valence-electron chi connectivity index (χ0n) is 9.58. The van der Waals surface area contributed by atoms with Crippen LogP contribution in [0.5, 0.6) is 0 Å². The highest BCUT2D eigenvalue weighted by atomic mass is 16.5. The second-order valence-corrected chi connectivity index (χ2v) is 4.71. The van der Waals surface area contributed by atoms with Crippen molar-refractivity contribution in [2.45, 2.75) is 57.0 Å². The molecule has 1 unspecified atom stereocenters. The molecule has 1 heterocycles. The summed E-state index contributed by atoms with van der Waals surface area (Å²) in [7, 11) is 1.49. The average molecular weight is 211 g/mol. The van der Waals surface area contributed by atoms with Crippen molar-refractivity contribution < 1.29 is 9.53 Å². The van der Waals surface area contributed by atoms with E-state index in [0.29, 0.717) is 6.04 Å². The lowest BCUT2D eigenvalue weighted by molar-refractivity contribution is -0.154. The molecule has 1 aliphatic heterocycles. The van der Waals surface area contributed by atoms with Crippen LogP contribution in [0.1, 0.15) is 44.9 Å². The first-order chi connectivity index (χ1) is 7.33. The number of carbonyl (C=O) groups is 1. The molecule has 0 radical (unpaired) electrons. The van der Waals surface area contributed by atoms with Crippen LogP contribution in [-0.4, -0.2) is 36.6 Å². The van der Waals surface area contributed by atoms with Crippen molar-refractivity contribution in [3.05, 3.63) is 0 Å². The van der Waals surface area contributed by atoms with E-state index < -0.39 is 0 Å². The minimum absolute atomic E-state index is 0.0366. The third-order valence-electron chi connectivity index (χ3n) is 3.83. The van der Waals surface area contributed by atoms with Gasteiger partial charge in [0.15, 0.2) is 0 Å². The fraction of sp³-hybridized carbons (Fsp3) is 0.917. The first kappa shape index (κ1) is 10.9. The van der Waals surface area contributed by atoms with Crippen LogP contribution in [0.2, 0.25) is 0 Å². The number of rotatable bonds is 2. The van der Waals surface area contributed by atoms with E-state index in [1.54, 1.807) is 0 Å². The highest BCUT2D eigenvalue weighted by Crippen LogP contribution is 2.29. The highest BCUT2D eigenvalue weighted by Gasteiger charge is 2.39. The quantitative estimate of drug-likeness (QED) is 0.516. The van der Waals surface area contributed by atoms with Crippen LogP contribution in [0.25, 0.3) is 0 Å². The van der Waals surface area contributed by atoms with Crippen molar-refractivity contribution in [1.82, 2.24) is 4.90 Å². The Kier molecular flexibility index (Phi) is 3.62. The van der Waals surface area contributed by atoms with Gasteiger partial charge in [-0.3, -0.25) is 9.69 Å². The Morgan fingerprint density at radius 1 is 1.13 bits per heavy atom. The number of hydrogen-bond acceptors (Lipinski definition) is 3. The highest BCUT2D eigenvalue weighted by molar-refractivity contribution is 5.76. The summed E-state index contributed by atoms with van der Waals surface area (Å²) in [6.07, 6.45) is 8.93. The van der Waals surface area contributed by atoms with Gasteiger partial charge < -0.3 is 4.74 Å². The van der Waals surface area contributed by atoms with E-state index in [1.807, 2.05) is 0 Å². The average Bonchev–Trinajstić information content (AvgIpc) is 2.45. The van der Waals surface area contributed by atoms with Gasteiger partial charge in [-0.05, 0) is 19.3 Å². The second kappa shape index (κ2) is 4.97. The molecule has 1 saturated carbocycles. The predicted molar refractivity (Wildman–Crippen MR) is 58.6 cm³/mol. The molecule has 0 spiro atoms. The molecule has 2 aliphatic rings. The van der Waals surface area contributed by atoms with Gasteiger partial charge in [0.05, 0.1) is 7.11 Å². The van der Waals surface area contributed by atoms with E-state index in [1.165, 1.54) is 45.6 Å². The molecular formula is C12H21NO2. The molecule has 1 atom stereocenters. The van der Waals surface area contributed by atoms with E-state index in [4.69, 9.17) is 4.74 Å². The van der Waals surface area contributed by atoms with Gasteiger partial charge in [-0.1, -0.05) is 25.7 Å². The van der Waals surface area contributed by atoms with Crippen molar-refractivity contribution in [3.8, 4) is 0 Å². The van der Waals surface area contributed by atoms with Crippen molar-refractivity contribution >= 4 is 5.97 Å². The molecule has 0 aromatic heterocycles. The largest absolute Gasteiger partial charge is 0.468 e. The second-order valence-electron chi connectivity index (χ2n) is 4.71. The van der Waals surface area contributed by atoms with Crippen LogP contribution in [0.4, 0.5) is 0 Å². The number of esters is 1. The Labute approximate surface area is 91.8 Å². The fourth-order valence-electron chi connectivity index (χ4n) is 2.82. The van der Waals surface area contributed by atoms with Gasteiger partial charge in [0.2, 0.25) is 0 Å². The molecule has 1 saturated heterocycles. The van der Waals surface area contributed by atoms with Gasteiger partial charge in [0.25, 0.3) is 0 Å². The molecule has 0 aromatic carbocycles. The first-order valence-corrected chi connectivity index (χ1v) is 6.16. The minimum atomic E-state index is -0.0366. The van der Waals surface area contributed by atoms with E-state index in [-0.39, 0.29) is 12.0 Å². The lowest BCUT2D eigenvalue weighted by atomic mass is 9.96. The summed E-state index contributed by atoms with van der Waals surface area (Å²) in [6, 6.07) is 0.712. The maximum Gasteiger partial charge on any atom is 0.323 e. The standard InChI is InChI=1S/C12H21NO2/c1-15-12(14)11-8-9-13(11)10-6-4-2-3-5-7-10/h10-11H,2-9H2,1H3. The van der Waals surface area contributed by atoms with Gasteiger partial charge >= 0.3 is 5.97 Å². The first-order valence-electron chi connectivity index (χ1n) is 6.16. The smallest absolute Gasteiger partial charge is 0.323 e. The van der Waals surface area contributed by atoms with Crippen LogP contribution in [0.3, 0.4) is 0 Å². The molecule has 2 rings (SSSR count). The van der Waals surface area contributed by atoms with E-state index in [0.717, 1.165) is 13.0 Å². The summed E-state index contributed by atoms with van der Waals surface area (Å²) in [5, 5.41) is 0. The molecule has 0 aromatic rings. The Hall–Kier alpha value is -0.570. The SMILES string of the molecule is COC(=O)C1CCN1C1CCCCCC1. The van der Waals surface area contributed by atoms with Crippen LogP contribution in [-0.2, 0) is 9.53 Å². The molecule has 0 amide bonds. The number of carbonyl (C=O) groups excluding carboxylic acids is 1. The summed E-state index contributed by atoms with van der Waals surface area (Å²) >= 11 is 0. The van der Waals surface area contributed by atoms with E-state index in [9.17, 15) is 4.79 Å². The molecule has 1 aliphatic carbocycles. The number of ether oxygens (including phenoxy) is 1. The van der Waals surface area contributed by atoms with Crippen LogP contribution >= 0.6 is 0 Å². The maximum atomic E-state index is 11.5. The van der Waals surface area contributed by atoms with Crippen LogP contribution < -0.4 is 0 Å². The van der Waals surface area contributed by atoms with E-state index >= 15 is 0 Å². The zero-order chi connectivity index (χ0) is 10.7. The van der Waals surface area contributed by atoms with Gasteiger partial charge in [0, 0.05) is 12.6 Å². The van der Waals surface area contributed by atoms with Crippen molar-refractivity contribution in [2.24, 2.45) is 0 Å². The van der Waals surface area contributed by atoms with Crippen molar-refractivity contribution in [3.63, 3.8) is 0 Å². The van der Waals surface area contributed by atoms with Crippen molar-refractivity contribution in [2.75, 3.05) is 13.7 Å². The lowest BCUT2D eigenvalue weighted by Crippen LogP contribution is -2.57. The summed E-state index contributed by atoms with van der Waals surface area (Å²) in [4.78, 5) is 13.8. The molecule has 15 heavy (non-hydrogen) atoms. The Morgan fingerprint density at radius 3 is 2.27 bits per heavy atom. The normalized spacial score (nSPS) is 29.3. The summed E-state index contributed by atoms with van der Waals surface area (Å²) in [6.45, 7) is 1.09. The van der Waals surface area contributed by atoms with Crippen molar-refractivity contribution in [1.29, 1.82) is 0 Å². The van der Waals surface area contributed by atoms with Gasteiger partial charge in [-0.15, -0.1) is 0 Å². The van der Waals surface area contributed by atoms with Gasteiger partial charge in [-0.25, -0.2) is 0 Å². The molecular weight excluding hydrogens is 190 g/mol. The maximum absolute atomic E-state index is 11.5. The molecule has 3 heteroatoms. The number of likely N-dealkylation sites (tertiary alicyclic amines) is 1. The summed E-state index contributed by atoms with van der Waals surface area (Å²) < 4.78 is 4.83. The number of methoxy groups -OCH3 is 1. The summed E-state index contributed by atoms with van der Waals surface area (Å²) in [5.74, 6) is -0.0366. The number of hydrogen-bond donors (Lipinski definition) is 0. The minimum Gasteiger partial charge on any atom is -0.468 e. The third-order valence-corrected chi connectivity index (χ3v) is 3.83. The lowest BCUT2D eigenvalue weighted by Gasteiger charge is -2.44. The summed E-state index contributed by atoms with van der Waals surface area (Å²) in [5.41, 5.74) is 0. The Balaban J connectivity index is 1.89. The van der Waals surface area contributed by atoms with E-state index in [2.05, 4.69) is 4.90 Å². The third kappa shape index (κ3) is 2.33. The number of nitrogens with zero attached hydrogens (tertiary/aromatic N) is 1. The molecule has 86 valence electrons. The van der Waals surface area contributed by atoms with Gasteiger partial charge in [0.1, 0.15) is 6.04 Å². The topological polar surface area (TPSA) is 29.5 Å². The molecule has 3 nitrogen and oxygen atoms in total. The van der Waals surface area contributed by atoms with Gasteiger partial charge in [-0.2, -0.15) is 0 Å². The molecule has 2 fully saturated rings. The Bertz CT molecular complexity index is 222. The molecule has 0 bridgehead atoms. The fourth-order valence-corrected chi connectivity index (χ4v) is 2.82. The Morgan fingerprint density at radius 2 is 1.80 bits per heavy atom. The van der Waals surface area contributed by atoms with Crippen LogP contribution in [0.15, 0.2) is 0 Å². The predicted octanol–water partition coefficient (Wildman–Crippen LogP) is 1.96.